The predicted molar refractivity (Wildman–Crippen MR) is 74.5 cm³/mol. The van der Waals surface area contributed by atoms with Gasteiger partial charge < -0.3 is 4.90 Å². The number of anilines is 1. The van der Waals surface area contributed by atoms with E-state index in [-0.39, 0.29) is 0 Å². The van der Waals surface area contributed by atoms with Crippen molar-refractivity contribution < 1.29 is 0 Å². The van der Waals surface area contributed by atoms with Crippen LogP contribution in [0, 0.1) is 5.92 Å². The fourth-order valence-corrected chi connectivity index (χ4v) is 2.74. The molecule has 0 amide bonds. The summed E-state index contributed by atoms with van der Waals surface area (Å²) < 4.78 is 0. The molecule has 0 bridgehead atoms. The molecule has 0 atom stereocenters. The summed E-state index contributed by atoms with van der Waals surface area (Å²) in [6.07, 6.45) is 10.7. The molecule has 1 saturated carbocycles. The van der Waals surface area contributed by atoms with E-state index >= 15 is 0 Å². The zero-order chi connectivity index (χ0) is 12.1. The van der Waals surface area contributed by atoms with Gasteiger partial charge >= 0.3 is 0 Å². The summed E-state index contributed by atoms with van der Waals surface area (Å²) in [6, 6.07) is 0. The summed E-state index contributed by atoms with van der Waals surface area (Å²) in [7, 11) is 2.09. The van der Waals surface area contributed by atoms with Gasteiger partial charge in [0.2, 0.25) is 5.95 Å². The van der Waals surface area contributed by atoms with Crippen LogP contribution in [0.25, 0.3) is 0 Å². The second-order valence-corrected chi connectivity index (χ2v) is 5.47. The average Bonchev–Trinajstić information content (AvgIpc) is 2.40. The van der Waals surface area contributed by atoms with Gasteiger partial charge in [0.1, 0.15) is 0 Å². The van der Waals surface area contributed by atoms with Gasteiger partial charge in [0.25, 0.3) is 0 Å². The van der Waals surface area contributed by atoms with Gasteiger partial charge in [-0.3, -0.25) is 0 Å². The Morgan fingerprint density at radius 3 is 2.47 bits per heavy atom. The summed E-state index contributed by atoms with van der Waals surface area (Å²) in [4.78, 5) is 11.0. The minimum absolute atomic E-state index is 0.819. The van der Waals surface area contributed by atoms with Crippen LogP contribution in [0.5, 0.6) is 0 Å². The Hall–Kier alpha value is -0.640. The second kappa shape index (κ2) is 6.34. The van der Waals surface area contributed by atoms with Gasteiger partial charge in [-0.1, -0.05) is 35.2 Å². The molecule has 1 heterocycles. The highest BCUT2D eigenvalue weighted by Gasteiger charge is 2.16. The molecule has 1 aliphatic carbocycles. The molecule has 0 spiro atoms. The van der Waals surface area contributed by atoms with E-state index in [0.717, 1.165) is 29.3 Å². The quantitative estimate of drug-likeness (QED) is 0.798. The van der Waals surface area contributed by atoms with Crippen LogP contribution in [-0.4, -0.2) is 23.6 Å². The van der Waals surface area contributed by atoms with Gasteiger partial charge in [0.15, 0.2) is 0 Å². The maximum atomic E-state index is 4.40. The number of rotatable bonds is 4. The topological polar surface area (TPSA) is 29.0 Å². The fourth-order valence-electron chi connectivity index (χ4n) is 2.45. The van der Waals surface area contributed by atoms with Crippen molar-refractivity contribution in [1.29, 1.82) is 0 Å². The third kappa shape index (κ3) is 3.66. The zero-order valence-corrected chi connectivity index (χ0v) is 12.0. The standard InChI is InChI=1S/C13H20BrN3/c1-17(10-11-5-3-2-4-6-11)13-15-8-12(7-14)9-16-13/h8-9,11H,2-7,10H2,1H3. The van der Waals surface area contributed by atoms with Gasteiger partial charge in [-0.25, -0.2) is 9.97 Å². The largest absolute Gasteiger partial charge is 0.344 e. The smallest absolute Gasteiger partial charge is 0.225 e. The molecule has 2 rings (SSSR count). The Kier molecular flexibility index (Phi) is 4.77. The molecule has 1 aliphatic rings. The SMILES string of the molecule is CN(CC1CCCCC1)c1ncc(CBr)cn1. The summed E-state index contributed by atoms with van der Waals surface area (Å²) in [5.74, 6) is 1.67. The predicted octanol–water partition coefficient (Wildman–Crippen LogP) is 3.39. The second-order valence-electron chi connectivity index (χ2n) is 4.91. The third-order valence-electron chi connectivity index (χ3n) is 3.44. The Labute approximate surface area is 112 Å². The average molecular weight is 298 g/mol. The van der Waals surface area contributed by atoms with Crippen molar-refractivity contribution >= 4 is 21.9 Å². The van der Waals surface area contributed by atoms with Crippen molar-refractivity contribution in [2.24, 2.45) is 5.92 Å². The first kappa shape index (κ1) is 12.8. The summed E-state index contributed by atoms with van der Waals surface area (Å²) in [5.41, 5.74) is 1.12. The van der Waals surface area contributed by atoms with Gasteiger partial charge in [-0.15, -0.1) is 0 Å². The van der Waals surface area contributed by atoms with Crippen LogP contribution < -0.4 is 4.90 Å². The lowest BCUT2D eigenvalue weighted by Gasteiger charge is -2.26. The van der Waals surface area contributed by atoms with Gasteiger partial charge in [0, 0.05) is 31.3 Å². The molecule has 0 unspecified atom stereocenters. The van der Waals surface area contributed by atoms with E-state index < -0.39 is 0 Å². The van der Waals surface area contributed by atoms with E-state index in [0.29, 0.717) is 0 Å². The van der Waals surface area contributed by atoms with Crippen LogP contribution >= 0.6 is 15.9 Å². The molecule has 1 fully saturated rings. The molecule has 4 heteroatoms. The number of hydrogen-bond donors (Lipinski definition) is 0. The normalized spacial score (nSPS) is 17.1. The number of halogens is 1. The number of hydrogen-bond acceptors (Lipinski definition) is 3. The Balaban J connectivity index is 1.91. The van der Waals surface area contributed by atoms with E-state index in [9.17, 15) is 0 Å². The first-order chi connectivity index (χ1) is 8.29. The number of aromatic nitrogens is 2. The highest BCUT2D eigenvalue weighted by Crippen LogP contribution is 2.24. The molecular formula is C13H20BrN3. The molecule has 0 aliphatic heterocycles. The lowest BCUT2D eigenvalue weighted by atomic mass is 9.89. The Morgan fingerprint density at radius 2 is 1.88 bits per heavy atom. The van der Waals surface area contributed by atoms with Crippen LogP contribution in [0.4, 0.5) is 5.95 Å². The van der Waals surface area contributed by atoms with E-state index in [1.165, 1.54) is 32.1 Å². The van der Waals surface area contributed by atoms with Crippen molar-refractivity contribution in [1.82, 2.24) is 9.97 Å². The number of nitrogens with zero attached hydrogens (tertiary/aromatic N) is 3. The summed E-state index contributed by atoms with van der Waals surface area (Å²) in [6.45, 7) is 1.09. The highest BCUT2D eigenvalue weighted by atomic mass is 79.9. The third-order valence-corrected chi connectivity index (χ3v) is 4.09. The molecule has 1 aromatic heterocycles. The molecule has 0 radical (unpaired) electrons. The van der Waals surface area contributed by atoms with Crippen molar-refractivity contribution in [3.05, 3.63) is 18.0 Å². The first-order valence-corrected chi connectivity index (χ1v) is 7.50. The minimum Gasteiger partial charge on any atom is -0.344 e. The van der Waals surface area contributed by atoms with E-state index in [4.69, 9.17) is 0 Å². The van der Waals surface area contributed by atoms with E-state index in [1.54, 1.807) is 0 Å². The van der Waals surface area contributed by atoms with Crippen LogP contribution in [0.1, 0.15) is 37.7 Å². The molecule has 1 aromatic rings. The molecular weight excluding hydrogens is 278 g/mol. The summed E-state index contributed by atoms with van der Waals surface area (Å²) in [5, 5.41) is 0.819. The molecule has 0 N–H and O–H groups in total. The van der Waals surface area contributed by atoms with Crippen molar-refractivity contribution in [2.45, 2.75) is 37.4 Å². The lowest BCUT2D eigenvalue weighted by Crippen LogP contribution is -2.28. The number of alkyl halides is 1. The zero-order valence-electron chi connectivity index (χ0n) is 10.4. The van der Waals surface area contributed by atoms with Crippen LogP contribution in [0.3, 0.4) is 0 Å². The lowest BCUT2D eigenvalue weighted by molar-refractivity contribution is 0.361. The van der Waals surface area contributed by atoms with Crippen LogP contribution in [-0.2, 0) is 5.33 Å². The maximum Gasteiger partial charge on any atom is 0.225 e. The maximum absolute atomic E-state index is 4.40. The minimum atomic E-state index is 0.819. The fraction of sp³-hybridized carbons (Fsp3) is 0.692. The Bertz CT molecular complexity index is 333. The van der Waals surface area contributed by atoms with Crippen molar-refractivity contribution in [3.63, 3.8) is 0 Å². The van der Waals surface area contributed by atoms with E-state index in [2.05, 4.69) is 37.8 Å². The molecule has 0 aromatic carbocycles. The van der Waals surface area contributed by atoms with Gasteiger partial charge in [0.05, 0.1) is 0 Å². The van der Waals surface area contributed by atoms with Gasteiger partial charge in [-0.05, 0) is 24.3 Å². The van der Waals surface area contributed by atoms with Crippen LogP contribution in [0.2, 0.25) is 0 Å². The van der Waals surface area contributed by atoms with Crippen LogP contribution in [0.15, 0.2) is 12.4 Å². The van der Waals surface area contributed by atoms with E-state index in [1.807, 2.05) is 12.4 Å². The Morgan fingerprint density at radius 1 is 1.24 bits per heavy atom. The van der Waals surface area contributed by atoms with Gasteiger partial charge in [-0.2, -0.15) is 0 Å². The van der Waals surface area contributed by atoms with Crippen molar-refractivity contribution in [3.8, 4) is 0 Å². The molecule has 3 nitrogen and oxygen atoms in total. The molecule has 17 heavy (non-hydrogen) atoms. The first-order valence-electron chi connectivity index (χ1n) is 6.37. The summed E-state index contributed by atoms with van der Waals surface area (Å²) >= 11 is 3.41. The molecule has 94 valence electrons. The monoisotopic (exact) mass is 297 g/mol. The molecule has 0 saturated heterocycles. The highest BCUT2D eigenvalue weighted by molar-refractivity contribution is 9.08. The van der Waals surface area contributed by atoms with Crippen molar-refractivity contribution in [2.75, 3.05) is 18.5 Å².